The number of nitrogens with zero attached hydrogens (tertiary/aromatic N) is 3. The molecule has 0 fully saturated rings. The maximum absolute atomic E-state index is 12.0. The van der Waals surface area contributed by atoms with Gasteiger partial charge in [0.15, 0.2) is 5.82 Å². The van der Waals surface area contributed by atoms with Gasteiger partial charge >= 0.3 is 0 Å². The summed E-state index contributed by atoms with van der Waals surface area (Å²) in [5.41, 5.74) is 5.87. The number of aryl methyl sites for hydroxylation is 1. The molecular formula is C14H25N5O. The molecule has 0 saturated carbocycles. The molecule has 0 bridgehead atoms. The van der Waals surface area contributed by atoms with E-state index in [9.17, 15) is 4.79 Å². The van der Waals surface area contributed by atoms with Gasteiger partial charge in [-0.3, -0.25) is 4.79 Å². The van der Waals surface area contributed by atoms with E-state index in [1.54, 1.807) is 0 Å². The van der Waals surface area contributed by atoms with Crippen LogP contribution in [0.1, 0.15) is 57.7 Å². The highest BCUT2D eigenvalue weighted by atomic mass is 16.2. The molecule has 0 aromatic carbocycles. The van der Waals surface area contributed by atoms with E-state index >= 15 is 0 Å². The van der Waals surface area contributed by atoms with E-state index in [4.69, 9.17) is 5.73 Å². The van der Waals surface area contributed by atoms with Crippen LogP contribution in [0.5, 0.6) is 0 Å². The van der Waals surface area contributed by atoms with Crippen LogP contribution in [0.3, 0.4) is 0 Å². The molecule has 20 heavy (non-hydrogen) atoms. The first-order valence-corrected chi connectivity index (χ1v) is 7.48. The average Bonchev–Trinajstić information content (AvgIpc) is 2.67. The number of hydrogen-bond acceptors (Lipinski definition) is 4. The van der Waals surface area contributed by atoms with Gasteiger partial charge in [-0.1, -0.05) is 20.3 Å². The second-order valence-corrected chi connectivity index (χ2v) is 5.94. The SMILES string of the molecule is CC(NC(=O)C(N)C(C)C)c1nnc2n1CCCCC2. The second kappa shape index (κ2) is 6.35. The minimum Gasteiger partial charge on any atom is -0.345 e. The lowest BCUT2D eigenvalue weighted by atomic mass is 10.0. The van der Waals surface area contributed by atoms with Crippen molar-refractivity contribution in [1.29, 1.82) is 0 Å². The molecular weight excluding hydrogens is 254 g/mol. The van der Waals surface area contributed by atoms with Crippen LogP contribution >= 0.6 is 0 Å². The molecule has 1 amide bonds. The quantitative estimate of drug-likeness (QED) is 0.866. The van der Waals surface area contributed by atoms with Gasteiger partial charge in [-0.25, -0.2) is 0 Å². The summed E-state index contributed by atoms with van der Waals surface area (Å²) < 4.78 is 2.15. The molecule has 1 aromatic rings. The predicted octanol–water partition coefficient (Wildman–Crippen LogP) is 1.16. The number of nitrogens with two attached hydrogens (primary N) is 1. The molecule has 2 rings (SSSR count). The molecule has 112 valence electrons. The van der Waals surface area contributed by atoms with Crippen molar-refractivity contribution in [2.75, 3.05) is 0 Å². The Morgan fingerprint density at radius 2 is 2.00 bits per heavy atom. The van der Waals surface area contributed by atoms with E-state index in [1.807, 2.05) is 20.8 Å². The molecule has 1 aliphatic heterocycles. The van der Waals surface area contributed by atoms with Crippen molar-refractivity contribution >= 4 is 5.91 Å². The Balaban J connectivity index is 2.08. The average molecular weight is 279 g/mol. The lowest BCUT2D eigenvalue weighted by Crippen LogP contribution is -2.45. The molecule has 0 radical (unpaired) electrons. The first-order valence-electron chi connectivity index (χ1n) is 7.48. The Morgan fingerprint density at radius 1 is 1.25 bits per heavy atom. The van der Waals surface area contributed by atoms with Crippen molar-refractivity contribution in [2.24, 2.45) is 11.7 Å². The number of fused-ring (bicyclic) bond motifs is 1. The number of carbonyl (C=O) groups is 1. The van der Waals surface area contributed by atoms with Gasteiger partial charge in [0.25, 0.3) is 0 Å². The number of rotatable bonds is 4. The van der Waals surface area contributed by atoms with Gasteiger partial charge in [0.05, 0.1) is 12.1 Å². The molecule has 6 heteroatoms. The van der Waals surface area contributed by atoms with Crippen LogP contribution in [0.25, 0.3) is 0 Å². The third-order valence-electron chi connectivity index (χ3n) is 3.91. The van der Waals surface area contributed by atoms with Crippen molar-refractivity contribution < 1.29 is 4.79 Å². The smallest absolute Gasteiger partial charge is 0.237 e. The van der Waals surface area contributed by atoms with Gasteiger partial charge in [-0.15, -0.1) is 10.2 Å². The molecule has 1 aromatic heterocycles. The lowest BCUT2D eigenvalue weighted by molar-refractivity contribution is -0.123. The molecule has 0 aliphatic carbocycles. The minimum absolute atomic E-state index is 0.123. The first kappa shape index (κ1) is 15.0. The zero-order valence-electron chi connectivity index (χ0n) is 12.6. The Kier molecular flexibility index (Phi) is 4.75. The highest BCUT2D eigenvalue weighted by Crippen LogP contribution is 2.18. The summed E-state index contributed by atoms with van der Waals surface area (Å²) in [5.74, 6) is 1.87. The van der Waals surface area contributed by atoms with E-state index < -0.39 is 6.04 Å². The third kappa shape index (κ3) is 3.17. The van der Waals surface area contributed by atoms with Crippen molar-refractivity contribution in [3.63, 3.8) is 0 Å². The minimum atomic E-state index is -0.482. The van der Waals surface area contributed by atoms with Gasteiger partial charge in [0.2, 0.25) is 5.91 Å². The standard InChI is InChI=1S/C14H25N5O/c1-9(2)12(15)14(20)16-10(3)13-18-17-11-7-5-4-6-8-19(11)13/h9-10,12H,4-8,15H2,1-3H3,(H,16,20). The zero-order valence-corrected chi connectivity index (χ0v) is 12.6. The number of aromatic nitrogens is 3. The van der Waals surface area contributed by atoms with Gasteiger partial charge in [-0.2, -0.15) is 0 Å². The summed E-state index contributed by atoms with van der Waals surface area (Å²) >= 11 is 0. The van der Waals surface area contributed by atoms with Crippen LogP contribution in [0.2, 0.25) is 0 Å². The summed E-state index contributed by atoms with van der Waals surface area (Å²) in [6.45, 7) is 6.76. The monoisotopic (exact) mass is 279 g/mol. The summed E-state index contributed by atoms with van der Waals surface area (Å²) in [5, 5.41) is 11.5. The summed E-state index contributed by atoms with van der Waals surface area (Å²) in [7, 11) is 0. The van der Waals surface area contributed by atoms with Crippen LogP contribution in [0.4, 0.5) is 0 Å². The molecule has 3 N–H and O–H groups in total. The topological polar surface area (TPSA) is 85.8 Å². The van der Waals surface area contributed by atoms with Crippen LogP contribution in [0, 0.1) is 5.92 Å². The molecule has 1 aliphatic rings. The number of amides is 1. The third-order valence-corrected chi connectivity index (χ3v) is 3.91. The van der Waals surface area contributed by atoms with Gasteiger partial charge in [0.1, 0.15) is 5.82 Å². The largest absolute Gasteiger partial charge is 0.345 e. The van der Waals surface area contributed by atoms with Crippen molar-refractivity contribution in [2.45, 2.75) is 65.1 Å². The normalized spacial score (nSPS) is 18.2. The van der Waals surface area contributed by atoms with E-state index in [0.717, 1.165) is 37.5 Å². The lowest BCUT2D eigenvalue weighted by Gasteiger charge is -2.20. The molecule has 2 heterocycles. The van der Waals surface area contributed by atoms with Crippen molar-refractivity contribution in [3.05, 3.63) is 11.6 Å². The first-order chi connectivity index (χ1) is 9.50. The van der Waals surface area contributed by atoms with Crippen LogP contribution in [-0.2, 0) is 17.8 Å². The Bertz CT molecular complexity index is 468. The molecule has 6 nitrogen and oxygen atoms in total. The van der Waals surface area contributed by atoms with E-state index in [1.165, 1.54) is 6.42 Å². The summed E-state index contributed by atoms with van der Waals surface area (Å²) in [6.07, 6.45) is 4.50. The Hall–Kier alpha value is -1.43. The number of hydrogen-bond donors (Lipinski definition) is 2. The fraction of sp³-hybridized carbons (Fsp3) is 0.786. The zero-order chi connectivity index (χ0) is 14.7. The van der Waals surface area contributed by atoms with E-state index in [-0.39, 0.29) is 17.9 Å². The maximum atomic E-state index is 12.0. The molecule has 2 atom stereocenters. The van der Waals surface area contributed by atoms with E-state index in [0.29, 0.717) is 0 Å². The maximum Gasteiger partial charge on any atom is 0.237 e. The van der Waals surface area contributed by atoms with Crippen molar-refractivity contribution in [3.8, 4) is 0 Å². The van der Waals surface area contributed by atoms with Crippen LogP contribution in [0.15, 0.2) is 0 Å². The predicted molar refractivity (Wildman–Crippen MR) is 76.9 cm³/mol. The van der Waals surface area contributed by atoms with Gasteiger partial charge in [0, 0.05) is 13.0 Å². The van der Waals surface area contributed by atoms with E-state index in [2.05, 4.69) is 20.1 Å². The van der Waals surface area contributed by atoms with Crippen LogP contribution in [-0.4, -0.2) is 26.7 Å². The van der Waals surface area contributed by atoms with Gasteiger partial charge in [-0.05, 0) is 25.7 Å². The fourth-order valence-corrected chi connectivity index (χ4v) is 2.50. The number of nitrogens with one attached hydrogen (secondary N) is 1. The Morgan fingerprint density at radius 3 is 2.70 bits per heavy atom. The summed E-state index contributed by atoms with van der Waals surface area (Å²) in [6, 6.07) is -0.643. The van der Waals surface area contributed by atoms with Crippen LogP contribution < -0.4 is 11.1 Å². The number of carbonyl (C=O) groups excluding carboxylic acids is 1. The summed E-state index contributed by atoms with van der Waals surface area (Å²) in [4.78, 5) is 12.0. The highest BCUT2D eigenvalue weighted by molar-refractivity contribution is 5.82. The van der Waals surface area contributed by atoms with Crippen molar-refractivity contribution in [1.82, 2.24) is 20.1 Å². The Labute approximate surface area is 120 Å². The van der Waals surface area contributed by atoms with Gasteiger partial charge < -0.3 is 15.6 Å². The second-order valence-electron chi connectivity index (χ2n) is 5.94. The molecule has 2 unspecified atom stereocenters. The fourth-order valence-electron chi connectivity index (χ4n) is 2.50. The molecule has 0 saturated heterocycles. The highest BCUT2D eigenvalue weighted by Gasteiger charge is 2.23. The molecule has 0 spiro atoms.